The molecule has 0 bridgehead atoms. The zero-order chi connectivity index (χ0) is 15.1. The van der Waals surface area contributed by atoms with Crippen LogP contribution < -0.4 is 10.9 Å². The molecular formula is C16H24N2O3. The molecule has 116 valence electrons. The molecule has 1 aliphatic heterocycles. The molecule has 0 aromatic carbocycles. The third kappa shape index (κ3) is 4.34. The second-order valence-corrected chi connectivity index (χ2v) is 5.34. The third-order valence-corrected chi connectivity index (χ3v) is 3.75. The first-order valence-electron chi connectivity index (χ1n) is 7.84. The molecule has 0 fully saturated rings. The summed E-state index contributed by atoms with van der Waals surface area (Å²) in [6.07, 6.45) is 5.31. The molecule has 21 heavy (non-hydrogen) atoms. The van der Waals surface area contributed by atoms with Crippen molar-refractivity contribution in [1.82, 2.24) is 4.57 Å². The molecule has 0 aliphatic carbocycles. The van der Waals surface area contributed by atoms with E-state index >= 15 is 0 Å². The number of fused-ring (bicyclic) bond motifs is 1. The first-order chi connectivity index (χ1) is 10.2. The number of unbranched alkanes of at least 4 members (excludes halogenated alkanes) is 2. The highest BCUT2D eigenvalue weighted by Crippen LogP contribution is 2.19. The van der Waals surface area contributed by atoms with Crippen LogP contribution in [0, 0.1) is 0 Å². The van der Waals surface area contributed by atoms with Gasteiger partial charge < -0.3 is 10.1 Å². The Kier molecular flexibility index (Phi) is 5.84. The van der Waals surface area contributed by atoms with Crippen molar-refractivity contribution in [3.8, 4) is 0 Å². The Morgan fingerprint density at radius 2 is 2.19 bits per heavy atom. The number of carbonyl (C=O) groups excluding carboxylic acids is 1. The van der Waals surface area contributed by atoms with Crippen molar-refractivity contribution in [2.24, 2.45) is 0 Å². The van der Waals surface area contributed by atoms with E-state index in [4.69, 9.17) is 4.74 Å². The molecule has 2 heterocycles. The number of pyridine rings is 1. The number of aromatic nitrogens is 1. The number of rotatable bonds is 7. The molecule has 1 aliphatic rings. The van der Waals surface area contributed by atoms with Crippen LogP contribution in [0.1, 0.15) is 44.6 Å². The van der Waals surface area contributed by atoms with E-state index in [2.05, 4.69) is 5.32 Å². The fraction of sp³-hybridized carbons (Fsp3) is 0.625. The van der Waals surface area contributed by atoms with Crippen LogP contribution in [0.5, 0.6) is 0 Å². The number of hydrogen-bond donors (Lipinski definition) is 1. The quantitative estimate of drug-likeness (QED) is 0.619. The minimum absolute atomic E-state index is 0.0725. The summed E-state index contributed by atoms with van der Waals surface area (Å²) in [7, 11) is 0. The molecule has 0 saturated carbocycles. The SMILES string of the molecule is CCOC(=O)CCCCCc1ccc(=O)n2c1NCCC2. The van der Waals surface area contributed by atoms with E-state index in [1.54, 1.807) is 6.07 Å². The van der Waals surface area contributed by atoms with E-state index in [0.717, 1.165) is 51.0 Å². The Morgan fingerprint density at radius 1 is 1.33 bits per heavy atom. The molecular weight excluding hydrogens is 268 g/mol. The van der Waals surface area contributed by atoms with Gasteiger partial charge in [-0.1, -0.05) is 6.42 Å². The van der Waals surface area contributed by atoms with E-state index in [9.17, 15) is 9.59 Å². The lowest BCUT2D eigenvalue weighted by atomic mass is 10.1. The number of aryl methyl sites for hydroxylation is 1. The van der Waals surface area contributed by atoms with Gasteiger partial charge in [-0.3, -0.25) is 14.2 Å². The minimum Gasteiger partial charge on any atom is -0.466 e. The number of ether oxygens (including phenoxy) is 1. The van der Waals surface area contributed by atoms with Crippen molar-refractivity contribution >= 4 is 11.8 Å². The summed E-state index contributed by atoms with van der Waals surface area (Å²) < 4.78 is 6.74. The number of anilines is 1. The van der Waals surface area contributed by atoms with E-state index in [1.807, 2.05) is 17.6 Å². The number of hydrogen-bond acceptors (Lipinski definition) is 4. The smallest absolute Gasteiger partial charge is 0.305 e. The molecule has 1 N–H and O–H groups in total. The van der Waals surface area contributed by atoms with Crippen molar-refractivity contribution in [2.75, 3.05) is 18.5 Å². The monoisotopic (exact) mass is 292 g/mol. The predicted octanol–water partition coefficient (Wildman–Crippen LogP) is 2.33. The highest BCUT2D eigenvalue weighted by atomic mass is 16.5. The van der Waals surface area contributed by atoms with Crippen LogP contribution in [-0.4, -0.2) is 23.7 Å². The van der Waals surface area contributed by atoms with Crippen LogP contribution >= 0.6 is 0 Å². The zero-order valence-electron chi connectivity index (χ0n) is 12.7. The van der Waals surface area contributed by atoms with Gasteiger partial charge >= 0.3 is 5.97 Å². The Hall–Kier alpha value is -1.78. The standard InChI is InChI=1S/C16H24N2O3/c1-2-21-15(20)8-5-3-4-7-13-9-10-14(19)18-12-6-11-17-16(13)18/h9-10,17H,2-8,11-12H2,1H3. The molecule has 5 heteroatoms. The topological polar surface area (TPSA) is 60.3 Å². The molecule has 1 aromatic heterocycles. The van der Waals surface area contributed by atoms with Crippen molar-refractivity contribution < 1.29 is 9.53 Å². The molecule has 0 radical (unpaired) electrons. The zero-order valence-corrected chi connectivity index (χ0v) is 12.7. The molecule has 0 spiro atoms. The van der Waals surface area contributed by atoms with Gasteiger partial charge in [-0.2, -0.15) is 0 Å². The van der Waals surface area contributed by atoms with E-state index in [0.29, 0.717) is 13.0 Å². The maximum atomic E-state index is 11.8. The van der Waals surface area contributed by atoms with Gasteiger partial charge in [0, 0.05) is 25.6 Å². The first-order valence-corrected chi connectivity index (χ1v) is 7.84. The van der Waals surface area contributed by atoms with E-state index in [-0.39, 0.29) is 11.5 Å². The molecule has 0 amide bonds. The summed E-state index contributed by atoms with van der Waals surface area (Å²) in [5, 5.41) is 3.34. The maximum absolute atomic E-state index is 11.8. The lowest BCUT2D eigenvalue weighted by Crippen LogP contribution is -2.29. The van der Waals surface area contributed by atoms with Gasteiger partial charge in [0.1, 0.15) is 5.82 Å². The van der Waals surface area contributed by atoms with Crippen LogP contribution in [0.3, 0.4) is 0 Å². The highest BCUT2D eigenvalue weighted by molar-refractivity contribution is 5.69. The summed E-state index contributed by atoms with van der Waals surface area (Å²) >= 11 is 0. The molecule has 0 unspecified atom stereocenters. The lowest BCUT2D eigenvalue weighted by molar-refractivity contribution is -0.143. The highest BCUT2D eigenvalue weighted by Gasteiger charge is 2.13. The second kappa shape index (κ2) is 7.86. The van der Waals surface area contributed by atoms with Gasteiger partial charge in [0.05, 0.1) is 6.61 Å². The van der Waals surface area contributed by atoms with E-state index in [1.165, 1.54) is 5.56 Å². The van der Waals surface area contributed by atoms with Crippen molar-refractivity contribution in [3.05, 3.63) is 28.0 Å². The van der Waals surface area contributed by atoms with Gasteiger partial charge in [0.2, 0.25) is 0 Å². The number of carbonyl (C=O) groups is 1. The maximum Gasteiger partial charge on any atom is 0.305 e. The second-order valence-electron chi connectivity index (χ2n) is 5.34. The molecule has 2 rings (SSSR count). The average Bonchev–Trinajstić information content (AvgIpc) is 2.49. The lowest BCUT2D eigenvalue weighted by Gasteiger charge is -2.22. The summed E-state index contributed by atoms with van der Waals surface area (Å²) in [5.41, 5.74) is 1.27. The molecule has 5 nitrogen and oxygen atoms in total. The third-order valence-electron chi connectivity index (χ3n) is 3.75. The Labute approximate surface area is 125 Å². The summed E-state index contributed by atoms with van der Waals surface area (Å²) in [6.45, 7) is 4.01. The number of esters is 1. The van der Waals surface area contributed by atoms with Gasteiger partial charge in [0.25, 0.3) is 5.56 Å². The summed E-state index contributed by atoms with van der Waals surface area (Å²) in [4.78, 5) is 23.0. The van der Waals surface area contributed by atoms with Crippen LogP contribution in [-0.2, 0) is 22.5 Å². The Bertz CT molecular complexity index is 537. The number of nitrogens with zero attached hydrogens (tertiary/aromatic N) is 1. The van der Waals surface area contributed by atoms with Gasteiger partial charge in [-0.15, -0.1) is 0 Å². The Balaban J connectivity index is 1.81. The summed E-state index contributed by atoms with van der Waals surface area (Å²) in [5.74, 6) is 0.877. The van der Waals surface area contributed by atoms with Crippen LogP contribution in [0.15, 0.2) is 16.9 Å². The van der Waals surface area contributed by atoms with E-state index < -0.39 is 0 Å². The molecule has 0 saturated heterocycles. The van der Waals surface area contributed by atoms with Crippen molar-refractivity contribution in [3.63, 3.8) is 0 Å². The van der Waals surface area contributed by atoms with Crippen molar-refractivity contribution in [1.29, 1.82) is 0 Å². The van der Waals surface area contributed by atoms with Crippen LogP contribution in [0.4, 0.5) is 5.82 Å². The van der Waals surface area contributed by atoms with Crippen LogP contribution in [0.2, 0.25) is 0 Å². The first kappa shape index (κ1) is 15.6. The normalized spacial score (nSPS) is 13.4. The fourth-order valence-electron chi connectivity index (χ4n) is 2.70. The molecule has 0 atom stereocenters. The Morgan fingerprint density at radius 3 is 3.00 bits per heavy atom. The molecule has 1 aromatic rings. The van der Waals surface area contributed by atoms with Crippen LogP contribution in [0.25, 0.3) is 0 Å². The minimum atomic E-state index is -0.109. The summed E-state index contributed by atoms with van der Waals surface area (Å²) in [6, 6.07) is 3.59. The predicted molar refractivity (Wildman–Crippen MR) is 82.6 cm³/mol. The number of nitrogens with one attached hydrogen (secondary N) is 1. The van der Waals surface area contributed by atoms with Gasteiger partial charge in [-0.25, -0.2) is 0 Å². The average molecular weight is 292 g/mol. The largest absolute Gasteiger partial charge is 0.466 e. The van der Waals surface area contributed by atoms with Gasteiger partial charge in [-0.05, 0) is 44.2 Å². The van der Waals surface area contributed by atoms with Gasteiger partial charge in [0.15, 0.2) is 0 Å². The van der Waals surface area contributed by atoms with Crippen molar-refractivity contribution in [2.45, 2.75) is 52.0 Å². The fourth-order valence-corrected chi connectivity index (χ4v) is 2.70.